The molecule has 188 valence electrons. The van der Waals surface area contributed by atoms with E-state index in [1.165, 1.54) is 27.8 Å². The van der Waals surface area contributed by atoms with Gasteiger partial charge in [-0.25, -0.2) is 13.4 Å². The number of nitro benzene ring substituents is 1. The third-order valence-corrected chi connectivity index (χ3v) is 10.5. The normalized spacial score (nSPS) is 16.8. The number of thiazole rings is 1. The fraction of sp³-hybridized carbons (Fsp3) is 0.455. The highest BCUT2D eigenvalue weighted by Gasteiger charge is 2.42. The molecule has 0 bridgehead atoms. The average Bonchev–Trinajstić information content (AvgIpc) is 3.61. The molecule has 1 saturated heterocycles. The molecule has 0 saturated carbocycles. The number of rotatable bonds is 10. The number of non-ortho nitro benzene ring substituents is 1. The van der Waals surface area contributed by atoms with Crippen LogP contribution in [-0.2, 0) is 14.8 Å². The lowest BCUT2D eigenvalue weighted by atomic mass is 10.2. The van der Waals surface area contributed by atoms with Crippen LogP contribution in [0.3, 0.4) is 0 Å². The highest BCUT2D eigenvalue weighted by Crippen LogP contribution is 2.34. The summed E-state index contributed by atoms with van der Waals surface area (Å²) < 4.78 is 28.6. The van der Waals surface area contributed by atoms with Gasteiger partial charge in [0.15, 0.2) is 5.13 Å². The molecule has 10 nitrogen and oxygen atoms in total. The van der Waals surface area contributed by atoms with Crippen LogP contribution in [-0.4, -0.2) is 72.2 Å². The van der Waals surface area contributed by atoms with Crippen molar-refractivity contribution < 1.29 is 18.1 Å². The first kappa shape index (κ1) is 25.6. The van der Waals surface area contributed by atoms with E-state index in [-0.39, 0.29) is 22.3 Å². The molecule has 0 spiro atoms. The summed E-state index contributed by atoms with van der Waals surface area (Å²) in [6.07, 6.45) is 1.03. The minimum absolute atomic E-state index is 0.0438. The number of thiophene rings is 1. The van der Waals surface area contributed by atoms with Gasteiger partial charge in [-0.2, -0.15) is 4.31 Å². The van der Waals surface area contributed by atoms with Gasteiger partial charge in [0.1, 0.15) is 10.3 Å². The first-order chi connectivity index (χ1) is 16.8. The van der Waals surface area contributed by atoms with E-state index in [1.807, 2.05) is 13.8 Å². The Hall–Kier alpha value is -2.45. The Kier molecular flexibility index (Phi) is 7.81. The van der Waals surface area contributed by atoms with E-state index in [2.05, 4.69) is 9.88 Å². The van der Waals surface area contributed by atoms with Gasteiger partial charge in [0.05, 0.1) is 15.1 Å². The molecule has 1 aromatic carbocycles. The maximum atomic E-state index is 13.9. The summed E-state index contributed by atoms with van der Waals surface area (Å²) in [6.45, 7) is 6.93. The zero-order valence-corrected chi connectivity index (χ0v) is 21.9. The first-order valence-electron chi connectivity index (χ1n) is 11.4. The smallest absolute Gasteiger partial charge is 0.270 e. The molecule has 13 heteroatoms. The largest absolute Gasteiger partial charge is 0.302 e. The summed E-state index contributed by atoms with van der Waals surface area (Å²) in [5.41, 5.74) is 0.517. The second-order valence-electron chi connectivity index (χ2n) is 8.13. The molecular formula is C22H27N5O5S3. The Morgan fingerprint density at radius 1 is 1.26 bits per heavy atom. The number of aromatic nitrogens is 1. The Bertz CT molecular complexity index is 1300. The SMILES string of the molecule is CCN(CC)CCN(C(=O)C1CCCN1S(=O)(=O)c1cccs1)c1nc2ccc([N+](=O)[O-])cc2s1. The minimum atomic E-state index is -3.78. The van der Waals surface area contributed by atoms with Crippen molar-refractivity contribution in [2.75, 3.05) is 37.6 Å². The maximum Gasteiger partial charge on any atom is 0.270 e. The van der Waals surface area contributed by atoms with Gasteiger partial charge in [-0.1, -0.05) is 31.3 Å². The van der Waals surface area contributed by atoms with Gasteiger partial charge in [0.25, 0.3) is 15.7 Å². The Morgan fingerprint density at radius 3 is 2.69 bits per heavy atom. The van der Waals surface area contributed by atoms with E-state index in [0.29, 0.717) is 41.3 Å². The van der Waals surface area contributed by atoms with Crippen molar-refractivity contribution in [3.05, 3.63) is 45.8 Å². The monoisotopic (exact) mass is 537 g/mol. The summed E-state index contributed by atoms with van der Waals surface area (Å²) >= 11 is 2.34. The molecular weight excluding hydrogens is 510 g/mol. The van der Waals surface area contributed by atoms with Gasteiger partial charge in [0, 0.05) is 31.8 Å². The van der Waals surface area contributed by atoms with Crippen molar-refractivity contribution in [1.82, 2.24) is 14.2 Å². The van der Waals surface area contributed by atoms with E-state index < -0.39 is 21.0 Å². The van der Waals surface area contributed by atoms with Crippen molar-refractivity contribution >= 4 is 59.6 Å². The van der Waals surface area contributed by atoms with E-state index in [0.717, 1.165) is 24.4 Å². The highest BCUT2D eigenvalue weighted by atomic mass is 32.2. The Balaban J connectivity index is 1.68. The molecule has 0 N–H and O–H groups in total. The summed E-state index contributed by atoms with van der Waals surface area (Å²) in [5, 5.41) is 13.3. The molecule has 0 aliphatic carbocycles. The van der Waals surface area contributed by atoms with Crippen molar-refractivity contribution in [2.24, 2.45) is 0 Å². The van der Waals surface area contributed by atoms with Crippen LogP contribution in [0.5, 0.6) is 0 Å². The van der Waals surface area contributed by atoms with Crippen LogP contribution in [0, 0.1) is 10.1 Å². The van der Waals surface area contributed by atoms with Crippen LogP contribution >= 0.6 is 22.7 Å². The number of hydrogen-bond acceptors (Lipinski definition) is 9. The van der Waals surface area contributed by atoms with Crippen molar-refractivity contribution in [1.29, 1.82) is 0 Å². The Labute approximate surface area is 212 Å². The topological polar surface area (TPSA) is 117 Å². The number of sulfonamides is 1. The van der Waals surface area contributed by atoms with E-state index in [9.17, 15) is 23.3 Å². The number of carbonyl (C=O) groups is 1. The zero-order valence-electron chi connectivity index (χ0n) is 19.5. The number of carbonyl (C=O) groups excluding carboxylic acids is 1. The van der Waals surface area contributed by atoms with Gasteiger partial charge in [0.2, 0.25) is 5.91 Å². The third-order valence-electron chi connectivity index (χ3n) is 6.15. The number of nitrogens with zero attached hydrogens (tertiary/aromatic N) is 5. The molecule has 1 aliphatic rings. The third kappa shape index (κ3) is 5.23. The fourth-order valence-electron chi connectivity index (χ4n) is 4.19. The lowest BCUT2D eigenvalue weighted by Crippen LogP contribution is -2.49. The highest BCUT2D eigenvalue weighted by molar-refractivity contribution is 7.91. The number of likely N-dealkylation sites (N-methyl/N-ethyl adjacent to an activating group) is 1. The van der Waals surface area contributed by atoms with Gasteiger partial charge in [-0.3, -0.25) is 19.8 Å². The summed E-state index contributed by atoms with van der Waals surface area (Å²) in [5.74, 6) is -0.316. The maximum absolute atomic E-state index is 13.9. The van der Waals surface area contributed by atoms with Crippen LogP contribution in [0.4, 0.5) is 10.8 Å². The van der Waals surface area contributed by atoms with Crippen LogP contribution in [0.2, 0.25) is 0 Å². The van der Waals surface area contributed by atoms with Crippen LogP contribution < -0.4 is 4.90 Å². The number of amides is 1. The van der Waals surface area contributed by atoms with Crippen molar-refractivity contribution in [3.8, 4) is 0 Å². The van der Waals surface area contributed by atoms with Crippen LogP contribution in [0.1, 0.15) is 26.7 Å². The lowest BCUT2D eigenvalue weighted by molar-refractivity contribution is -0.384. The second-order valence-corrected chi connectivity index (χ2v) is 12.2. The molecule has 3 aromatic rings. The van der Waals surface area contributed by atoms with Crippen molar-refractivity contribution in [3.63, 3.8) is 0 Å². The first-order valence-corrected chi connectivity index (χ1v) is 14.5. The average molecular weight is 538 g/mol. The number of fused-ring (bicyclic) bond motifs is 1. The molecule has 1 unspecified atom stereocenters. The molecule has 0 radical (unpaired) electrons. The van der Waals surface area contributed by atoms with Gasteiger partial charge < -0.3 is 4.90 Å². The van der Waals surface area contributed by atoms with Crippen molar-refractivity contribution in [2.45, 2.75) is 36.9 Å². The number of benzene rings is 1. The van der Waals surface area contributed by atoms with E-state index in [4.69, 9.17) is 0 Å². The van der Waals surface area contributed by atoms with Crippen LogP contribution in [0.25, 0.3) is 10.2 Å². The number of hydrogen-bond donors (Lipinski definition) is 0. The van der Waals surface area contributed by atoms with Gasteiger partial charge >= 0.3 is 0 Å². The van der Waals surface area contributed by atoms with Crippen LogP contribution in [0.15, 0.2) is 39.9 Å². The standard InChI is InChI=1S/C22H27N5O5S3/c1-3-24(4-2)12-13-25(22-23-17-10-9-16(27(29)30)15-19(17)34-22)21(28)18-7-5-11-26(18)35(31,32)20-8-6-14-33-20/h6,8-10,14-15,18H,3-5,7,11-13H2,1-2H3. The molecule has 1 atom stereocenters. The van der Waals surface area contributed by atoms with Gasteiger partial charge in [-0.05, 0) is 43.4 Å². The quantitative estimate of drug-likeness (QED) is 0.285. The minimum Gasteiger partial charge on any atom is -0.302 e. The summed E-state index contributed by atoms with van der Waals surface area (Å²) in [7, 11) is -3.78. The molecule has 2 aromatic heterocycles. The van der Waals surface area contributed by atoms with E-state index in [1.54, 1.807) is 28.5 Å². The second kappa shape index (κ2) is 10.7. The molecule has 1 fully saturated rings. The lowest BCUT2D eigenvalue weighted by Gasteiger charge is -2.29. The molecule has 3 heterocycles. The Morgan fingerprint density at radius 2 is 2.03 bits per heavy atom. The number of anilines is 1. The van der Waals surface area contributed by atoms with E-state index >= 15 is 0 Å². The molecule has 4 rings (SSSR count). The summed E-state index contributed by atoms with van der Waals surface area (Å²) in [6, 6.07) is 6.83. The fourth-order valence-corrected chi connectivity index (χ4v) is 7.99. The molecule has 1 amide bonds. The zero-order chi connectivity index (χ0) is 25.2. The number of nitro groups is 1. The molecule has 35 heavy (non-hydrogen) atoms. The summed E-state index contributed by atoms with van der Waals surface area (Å²) in [4.78, 5) is 32.9. The predicted molar refractivity (Wildman–Crippen MR) is 138 cm³/mol. The molecule has 1 aliphatic heterocycles. The van der Waals surface area contributed by atoms with Gasteiger partial charge in [-0.15, -0.1) is 11.3 Å². The predicted octanol–water partition coefficient (Wildman–Crippen LogP) is 3.79.